The minimum Gasteiger partial charge on any atom is -0.481 e. The Bertz CT molecular complexity index is 583. The molecule has 0 unspecified atom stereocenters. The van der Waals surface area contributed by atoms with Gasteiger partial charge in [-0.1, -0.05) is 35.4 Å². The van der Waals surface area contributed by atoms with E-state index in [0.29, 0.717) is 18.7 Å². The Hall–Kier alpha value is -2.16. The summed E-state index contributed by atoms with van der Waals surface area (Å²) in [6, 6.07) is 9.90. The van der Waals surface area contributed by atoms with E-state index in [1.807, 2.05) is 19.9 Å². The Morgan fingerprint density at radius 3 is 2.25 bits per heavy atom. The van der Waals surface area contributed by atoms with Crippen LogP contribution in [0.1, 0.15) is 22.3 Å². The molecule has 1 aromatic heterocycles. The lowest BCUT2D eigenvalue weighted by molar-refractivity contribution is -0.117. The van der Waals surface area contributed by atoms with E-state index in [-0.39, 0.29) is 5.78 Å². The van der Waals surface area contributed by atoms with Crippen molar-refractivity contribution in [2.75, 3.05) is 7.11 Å². The summed E-state index contributed by atoms with van der Waals surface area (Å²) in [6.45, 7) is 4.10. The molecule has 0 N–H and O–H groups in total. The highest BCUT2D eigenvalue weighted by Crippen LogP contribution is 2.12. The molecule has 3 nitrogen and oxygen atoms in total. The highest BCUT2D eigenvalue weighted by Gasteiger charge is 2.07. The molecule has 0 radical (unpaired) electrons. The van der Waals surface area contributed by atoms with Crippen molar-refractivity contribution in [2.45, 2.75) is 26.7 Å². The number of aromatic nitrogens is 1. The molecule has 0 saturated carbocycles. The van der Waals surface area contributed by atoms with Crippen LogP contribution in [0.4, 0.5) is 0 Å². The van der Waals surface area contributed by atoms with Crippen LogP contribution in [0.2, 0.25) is 0 Å². The lowest BCUT2D eigenvalue weighted by Crippen LogP contribution is -2.07. The SMILES string of the molecule is COc1ccc(CC(=O)Cc2cc(C)cc(C)c2)cn1. The fourth-order valence-electron chi connectivity index (χ4n) is 2.33. The summed E-state index contributed by atoms with van der Waals surface area (Å²) in [5.41, 5.74) is 4.38. The van der Waals surface area contributed by atoms with Crippen molar-refractivity contribution in [2.24, 2.45) is 0 Å². The molecule has 0 fully saturated rings. The Kier molecular flexibility index (Phi) is 4.51. The van der Waals surface area contributed by atoms with Gasteiger partial charge in [0.1, 0.15) is 5.78 Å². The van der Waals surface area contributed by atoms with E-state index in [2.05, 4.69) is 23.2 Å². The van der Waals surface area contributed by atoms with Crippen LogP contribution in [-0.4, -0.2) is 17.9 Å². The van der Waals surface area contributed by atoms with Gasteiger partial charge in [0.15, 0.2) is 0 Å². The van der Waals surface area contributed by atoms with Crippen LogP contribution in [0.3, 0.4) is 0 Å². The molecule has 1 aromatic carbocycles. The van der Waals surface area contributed by atoms with Crippen LogP contribution >= 0.6 is 0 Å². The number of aryl methyl sites for hydroxylation is 2. The molecule has 0 atom stereocenters. The van der Waals surface area contributed by atoms with Crippen molar-refractivity contribution in [3.8, 4) is 5.88 Å². The number of carbonyl (C=O) groups is 1. The number of ether oxygens (including phenoxy) is 1. The number of rotatable bonds is 5. The molecule has 0 amide bonds. The van der Waals surface area contributed by atoms with Gasteiger partial charge >= 0.3 is 0 Å². The molecule has 0 spiro atoms. The fourth-order valence-corrected chi connectivity index (χ4v) is 2.33. The number of ketones is 1. The monoisotopic (exact) mass is 269 g/mol. The maximum atomic E-state index is 12.1. The smallest absolute Gasteiger partial charge is 0.212 e. The number of nitrogens with zero attached hydrogens (tertiary/aromatic N) is 1. The highest BCUT2D eigenvalue weighted by molar-refractivity contribution is 5.83. The summed E-state index contributed by atoms with van der Waals surface area (Å²) in [4.78, 5) is 16.2. The zero-order chi connectivity index (χ0) is 14.5. The van der Waals surface area contributed by atoms with Gasteiger partial charge in [-0.2, -0.15) is 0 Å². The van der Waals surface area contributed by atoms with E-state index in [1.165, 1.54) is 11.1 Å². The Morgan fingerprint density at radius 1 is 1.05 bits per heavy atom. The highest BCUT2D eigenvalue weighted by atomic mass is 16.5. The van der Waals surface area contributed by atoms with E-state index in [1.54, 1.807) is 19.4 Å². The summed E-state index contributed by atoms with van der Waals surface area (Å²) in [7, 11) is 1.58. The van der Waals surface area contributed by atoms with Crippen molar-refractivity contribution >= 4 is 5.78 Å². The third kappa shape index (κ3) is 3.92. The zero-order valence-corrected chi connectivity index (χ0v) is 12.1. The number of Topliss-reactive ketones (excluding diaryl/α,β-unsaturated/α-hetero) is 1. The number of benzene rings is 1. The van der Waals surface area contributed by atoms with Crippen molar-refractivity contribution < 1.29 is 9.53 Å². The second kappa shape index (κ2) is 6.33. The molecular weight excluding hydrogens is 250 g/mol. The molecule has 0 aliphatic heterocycles. The molecule has 0 bridgehead atoms. The predicted octanol–water partition coefficient (Wildman–Crippen LogP) is 3.06. The molecule has 2 aromatic rings. The van der Waals surface area contributed by atoms with Crippen LogP contribution in [0.15, 0.2) is 36.5 Å². The van der Waals surface area contributed by atoms with Crippen LogP contribution in [0, 0.1) is 13.8 Å². The summed E-state index contributed by atoms with van der Waals surface area (Å²) in [5, 5.41) is 0. The summed E-state index contributed by atoms with van der Waals surface area (Å²) >= 11 is 0. The van der Waals surface area contributed by atoms with Crippen molar-refractivity contribution in [3.63, 3.8) is 0 Å². The van der Waals surface area contributed by atoms with Gasteiger partial charge in [0.25, 0.3) is 0 Å². The Balaban J connectivity index is 2.01. The molecule has 0 aliphatic carbocycles. The molecule has 0 saturated heterocycles. The summed E-state index contributed by atoms with van der Waals surface area (Å²) < 4.78 is 5.00. The number of carbonyl (C=O) groups excluding carboxylic acids is 1. The van der Waals surface area contributed by atoms with Gasteiger partial charge in [-0.15, -0.1) is 0 Å². The topological polar surface area (TPSA) is 39.2 Å². The van der Waals surface area contributed by atoms with E-state index in [9.17, 15) is 4.79 Å². The molecule has 1 heterocycles. The van der Waals surface area contributed by atoms with Crippen molar-refractivity contribution in [1.29, 1.82) is 0 Å². The van der Waals surface area contributed by atoms with Crippen molar-refractivity contribution in [3.05, 3.63) is 58.8 Å². The second-order valence-corrected chi connectivity index (χ2v) is 5.10. The lowest BCUT2D eigenvalue weighted by atomic mass is 10.0. The summed E-state index contributed by atoms with van der Waals surface area (Å²) in [5.74, 6) is 0.762. The van der Waals surface area contributed by atoms with Gasteiger partial charge in [-0.25, -0.2) is 4.98 Å². The Labute approximate surface area is 119 Å². The van der Waals surface area contributed by atoms with Crippen molar-refractivity contribution in [1.82, 2.24) is 4.98 Å². The first-order valence-electron chi connectivity index (χ1n) is 6.64. The van der Waals surface area contributed by atoms with Gasteiger partial charge in [0, 0.05) is 25.1 Å². The van der Waals surface area contributed by atoms with E-state index in [0.717, 1.165) is 11.1 Å². The lowest BCUT2D eigenvalue weighted by Gasteiger charge is -2.05. The zero-order valence-electron chi connectivity index (χ0n) is 12.1. The number of hydrogen-bond acceptors (Lipinski definition) is 3. The first-order valence-corrected chi connectivity index (χ1v) is 6.64. The van der Waals surface area contributed by atoms with Crippen LogP contribution in [0.25, 0.3) is 0 Å². The Morgan fingerprint density at radius 2 is 1.70 bits per heavy atom. The van der Waals surface area contributed by atoms with Crippen LogP contribution in [0.5, 0.6) is 5.88 Å². The molecule has 2 rings (SSSR count). The third-order valence-corrected chi connectivity index (χ3v) is 3.09. The molecule has 20 heavy (non-hydrogen) atoms. The first kappa shape index (κ1) is 14.3. The number of pyridine rings is 1. The molecule has 104 valence electrons. The van der Waals surface area contributed by atoms with Gasteiger partial charge in [-0.05, 0) is 25.0 Å². The van der Waals surface area contributed by atoms with Gasteiger partial charge in [0.2, 0.25) is 5.88 Å². The largest absolute Gasteiger partial charge is 0.481 e. The van der Waals surface area contributed by atoms with Crippen LogP contribution in [-0.2, 0) is 17.6 Å². The van der Waals surface area contributed by atoms with E-state index >= 15 is 0 Å². The number of methoxy groups -OCH3 is 1. The average Bonchev–Trinajstić information content (AvgIpc) is 2.38. The quantitative estimate of drug-likeness (QED) is 0.837. The number of hydrogen-bond donors (Lipinski definition) is 0. The predicted molar refractivity (Wildman–Crippen MR) is 79.1 cm³/mol. The first-order chi connectivity index (χ1) is 9.56. The van der Waals surface area contributed by atoms with Gasteiger partial charge in [-0.3, -0.25) is 4.79 Å². The van der Waals surface area contributed by atoms with E-state index in [4.69, 9.17) is 4.74 Å². The van der Waals surface area contributed by atoms with E-state index < -0.39 is 0 Å². The standard InChI is InChI=1S/C17H19NO2/c1-12-6-13(2)8-15(7-12)10-16(19)9-14-4-5-17(20-3)18-11-14/h4-8,11H,9-10H2,1-3H3. The molecular formula is C17H19NO2. The van der Waals surface area contributed by atoms with Crippen LogP contribution < -0.4 is 4.74 Å². The van der Waals surface area contributed by atoms with Gasteiger partial charge in [0.05, 0.1) is 7.11 Å². The normalized spacial score (nSPS) is 10.3. The average molecular weight is 269 g/mol. The fraction of sp³-hybridized carbons (Fsp3) is 0.294. The van der Waals surface area contributed by atoms with Gasteiger partial charge < -0.3 is 4.74 Å². The minimum atomic E-state index is 0.196. The minimum absolute atomic E-state index is 0.196. The molecule has 3 heteroatoms. The maximum Gasteiger partial charge on any atom is 0.212 e. The maximum absolute atomic E-state index is 12.1. The summed E-state index contributed by atoms with van der Waals surface area (Å²) in [6.07, 6.45) is 2.57. The third-order valence-electron chi connectivity index (χ3n) is 3.09. The second-order valence-electron chi connectivity index (χ2n) is 5.10. The molecule has 0 aliphatic rings.